The van der Waals surface area contributed by atoms with Crippen molar-refractivity contribution in [3.05, 3.63) is 41.6 Å². The number of benzene rings is 1. The van der Waals surface area contributed by atoms with Crippen LogP contribution in [0.4, 0.5) is 11.8 Å². The van der Waals surface area contributed by atoms with Crippen molar-refractivity contribution in [1.82, 2.24) is 24.3 Å². The van der Waals surface area contributed by atoms with Crippen LogP contribution in [0.1, 0.15) is 51.2 Å². The summed E-state index contributed by atoms with van der Waals surface area (Å²) in [6.45, 7) is 14.2. The van der Waals surface area contributed by atoms with Crippen LogP contribution in [0.15, 0.2) is 30.5 Å². The molecule has 1 spiro atoms. The van der Waals surface area contributed by atoms with E-state index in [1.165, 1.54) is 44.6 Å². The number of nitrogens with zero attached hydrogens (tertiary/aromatic N) is 5. The third kappa shape index (κ3) is 5.02. The van der Waals surface area contributed by atoms with Crippen LogP contribution in [0.25, 0.3) is 11.0 Å². The predicted octanol–water partition coefficient (Wildman–Crippen LogP) is 4.20. The van der Waals surface area contributed by atoms with Crippen LogP contribution in [0.5, 0.6) is 5.75 Å². The fourth-order valence-corrected chi connectivity index (χ4v) is 5.82. The van der Waals surface area contributed by atoms with Crippen molar-refractivity contribution in [2.24, 2.45) is 5.41 Å². The van der Waals surface area contributed by atoms with Gasteiger partial charge < -0.3 is 20.4 Å². The van der Waals surface area contributed by atoms with Gasteiger partial charge in [-0.2, -0.15) is 4.98 Å². The molecule has 0 radical (unpaired) electrons. The Hall–Kier alpha value is -2.84. The standard InChI is InChI=1S/C28H41N7O/c1-5-6-7-11-30-26-25-23(31-27(29)32-26)10-12-34(25)15-22-9-8-21(13-24(22)36-4)14-33-16-28(17-33)18-35(19-28)20(2)3/h8-10,12-13,20H,5-7,11,14-19H2,1-4H3,(H3,29,30,31,32). The first-order chi connectivity index (χ1) is 17.4. The van der Waals surface area contributed by atoms with Gasteiger partial charge in [-0.05, 0) is 38.0 Å². The molecule has 5 rings (SSSR count). The molecule has 2 aliphatic rings. The molecule has 8 nitrogen and oxygen atoms in total. The van der Waals surface area contributed by atoms with Gasteiger partial charge in [-0.3, -0.25) is 9.80 Å². The molecule has 2 fully saturated rings. The van der Waals surface area contributed by atoms with Crippen molar-refractivity contribution in [3.63, 3.8) is 0 Å². The van der Waals surface area contributed by atoms with Crippen LogP contribution in [0.3, 0.4) is 0 Å². The van der Waals surface area contributed by atoms with Crippen molar-refractivity contribution in [2.45, 2.75) is 59.2 Å². The lowest BCUT2D eigenvalue weighted by molar-refractivity contribution is -0.128. The average Bonchev–Trinajstić information content (AvgIpc) is 3.20. The summed E-state index contributed by atoms with van der Waals surface area (Å²) in [6.07, 6.45) is 5.54. The van der Waals surface area contributed by atoms with E-state index in [2.05, 4.69) is 74.8 Å². The van der Waals surface area contributed by atoms with Gasteiger partial charge in [0, 0.05) is 62.5 Å². The highest BCUT2D eigenvalue weighted by Gasteiger charge is 2.51. The molecule has 0 amide bonds. The van der Waals surface area contributed by atoms with E-state index in [-0.39, 0.29) is 0 Å². The average molecular weight is 492 g/mol. The lowest BCUT2D eigenvalue weighted by atomic mass is 9.72. The molecule has 0 aliphatic carbocycles. The molecule has 36 heavy (non-hydrogen) atoms. The smallest absolute Gasteiger partial charge is 0.222 e. The van der Waals surface area contributed by atoms with E-state index < -0.39 is 0 Å². The van der Waals surface area contributed by atoms with Gasteiger partial charge in [0.05, 0.1) is 19.2 Å². The summed E-state index contributed by atoms with van der Waals surface area (Å²) < 4.78 is 8.01. The topological polar surface area (TPSA) is 84.5 Å². The molecule has 2 aliphatic heterocycles. The first kappa shape index (κ1) is 24.8. The first-order valence-electron chi connectivity index (χ1n) is 13.4. The van der Waals surface area contributed by atoms with E-state index >= 15 is 0 Å². The Kier molecular flexibility index (Phi) is 7.08. The van der Waals surface area contributed by atoms with Gasteiger partial charge in [-0.25, -0.2) is 4.98 Å². The summed E-state index contributed by atoms with van der Waals surface area (Å²) in [4.78, 5) is 14.1. The minimum Gasteiger partial charge on any atom is -0.496 e. The molecule has 4 heterocycles. The Morgan fingerprint density at radius 3 is 2.61 bits per heavy atom. The third-order valence-electron chi connectivity index (χ3n) is 7.72. The van der Waals surface area contributed by atoms with E-state index in [0.717, 1.165) is 47.7 Å². The molecule has 3 aromatic rings. The maximum atomic E-state index is 5.99. The molecule has 0 atom stereocenters. The Morgan fingerprint density at radius 2 is 1.89 bits per heavy atom. The van der Waals surface area contributed by atoms with E-state index in [1.54, 1.807) is 7.11 Å². The summed E-state index contributed by atoms with van der Waals surface area (Å²) in [5.74, 6) is 2.02. The number of methoxy groups -OCH3 is 1. The number of aromatic nitrogens is 3. The normalized spacial score (nSPS) is 17.5. The fraction of sp³-hybridized carbons (Fsp3) is 0.571. The molecule has 1 aromatic carbocycles. The lowest BCUT2D eigenvalue weighted by Gasteiger charge is -2.61. The highest BCUT2D eigenvalue weighted by atomic mass is 16.5. The summed E-state index contributed by atoms with van der Waals surface area (Å²) in [6, 6.07) is 9.31. The summed E-state index contributed by atoms with van der Waals surface area (Å²) >= 11 is 0. The molecule has 194 valence electrons. The van der Waals surface area contributed by atoms with Crippen molar-refractivity contribution in [3.8, 4) is 5.75 Å². The van der Waals surface area contributed by atoms with Crippen LogP contribution >= 0.6 is 0 Å². The Labute approximate surface area is 214 Å². The number of nitrogen functional groups attached to an aromatic ring is 1. The van der Waals surface area contributed by atoms with Crippen molar-refractivity contribution in [2.75, 3.05) is 50.9 Å². The molecule has 2 aromatic heterocycles. The van der Waals surface area contributed by atoms with Gasteiger partial charge in [-0.15, -0.1) is 0 Å². The van der Waals surface area contributed by atoms with E-state index in [1.807, 2.05) is 6.07 Å². The molecular formula is C28H41N7O. The summed E-state index contributed by atoms with van der Waals surface area (Å²) in [5, 5.41) is 3.48. The summed E-state index contributed by atoms with van der Waals surface area (Å²) in [7, 11) is 1.76. The van der Waals surface area contributed by atoms with Crippen LogP contribution in [0.2, 0.25) is 0 Å². The molecule has 0 bridgehead atoms. The number of nitrogens with two attached hydrogens (primary N) is 1. The van der Waals surface area contributed by atoms with Gasteiger partial charge in [0.2, 0.25) is 5.95 Å². The van der Waals surface area contributed by atoms with Crippen LogP contribution in [-0.2, 0) is 13.1 Å². The monoisotopic (exact) mass is 491 g/mol. The molecule has 2 saturated heterocycles. The maximum Gasteiger partial charge on any atom is 0.222 e. The Balaban J connectivity index is 1.27. The van der Waals surface area contributed by atoms with Gasteiger partial charge >= 0.3 is 0 Å². The van der Waals surface area contributed by atoms with Gasteiger partial charge in [0.25, 0.3) is 0 Å². The minimum absolute atomic E-state index is 0.298. The number of unbranched alkanes of at least 4 members (excludes halogenated alkanes) is 2. The zero-order chi connectivity index (χ0) is 25.3. The highest BCUT2D eigenvalue weighted by molar-refractivity contribution is 5.87. The quantitative estimate of drug-likeness (QED) is 0.389. The number of hydrogen-bond donors (Lipinski definition) is 2. The van der Waals surface area contributed by atoms with Crippen LogP contribution in [-0.4, -0.2) is 70.2 Å². The predicted molar refractivity (Wildman–Crippen MR) is 146 cm³/mol. The first-order valence-corrected chi connectivity index (χ1v) is 13.4. The van der Waals surface area contributed by atoms with Crippen molar-refractivity contribution < 1.29 is 4.74 Å². The van der Waals surface area contributed by atoms with E-state index in [4.69, 9.17) is 10.5 Å². The van der Waals surface area contributed by atoms with Crippen LogP contribution < -0.4 is 15.8 Å². The second-order valence-corrected chi connectivity index (χ2v) is 11.0. The zero-order valence-corrected chi connectivity index (χ0v) is 22.3. The van der Waals surface area contributed by atoms with E-state index in [9.17, 15) is 0 Å². The molecular weight excluding hydrogens is 450 g/mol. The Bertz CT molecular complexity index is 1190. The lowest BCUT2D eigenvalue weighted by Crippen LogP contribution is -2.72. The Morgan fingerprint density at radius 1 is 1.08 bits per heavy atom. The van der Waals surface area contributed by atoms with Crippen molar-refractivity contribution >= 4 is 22.8 Å². The maximum absolute atomic E-state index is 5.99. The zero-order valence-electron chi connectivity index (χ0n) is 22.3. The molecule has 3 N–H and O–H groups in total. The van der Waals surface area contributed by atoms with Gasteiger partial charge in [0.1, 0.15) is 11.3 Å². The second-order valence-electron chi connectivity index (χ2n) is 11.0. The number of fused-ring (bicyclic) bond motifs is 1. The summed E-state index contributed by atoms with van der Waals surface area (Å²) in [5.41, 5.74) is 10.8. The highest BCUT2D eigenvalue weighted by Crippen LogP contribution is 2.41. The molecule has 8 heteroatoms. The van der Waals surface area contributed by atoms with Crippen LogP contribution in [0, 0.1) is 5.41 Å². The number of ether oxygens (including phenoxy) is 1. The van der Waals surface area contributed by atoms with Gasteiger partial charge in [0.15, 0.2) is 5.82 Å². The van der Waals surface area contributed by atoms with E-state index in [0.29, 0.717) is 23.9 Å². The molecule has 0 saturated carbocycles. The molecule has 0 unspecified atom stereocenters. The number of nitrogens with one attached hydrogen (secondary N) is 1. The van der Waals surface area contributed by atoms with Crippen molar-refractivity contribution in [1.29, 1.82) is 0 Å². The third-order valence-corrected chi connectivity index (χ3v) is 7.72. The second kappa shape index (κ2) is 10.3. The largest absolute Gasteiger partial charge is 0.496 e. The number of hydrogen-bond acceptors (Lipinski definition) is 7. The fourth-order valence-electron chi connectivity index (χ4n) is 5.82. The number of rotatable bonds is 11. The SMILES string of the molecule is CCCCCNc1nc(N)nc2ccn(Cc3ccc(CN4CC5(C4)CN(C(C)C)C5)cc3OC)c12. The minimum atomic E-state index is 0.298. The van der Waals surface area contributed by atoms with Gasteiger partial charge in [-0.1, -0.05) is 31.9 Å². The number of likely N-dealkylation sites (tertiary alicyclic amines) is 2. The number of anilines is 2.